The number of Topliss-reactive ketones (excluding diaryl/α,β-unsaturated/α-hetero) is 1. The first kappa shape index (κ1) is 35.2. The number of ketones is 1. The predicted octanol–water partition coefficient (Wildman–Crippen LogP) is 9.60. The lowest BCUT2D eigenvalue weighted by atomic mass is 9.92. The van der Waals surface area contributed by atoms with E-state index in [4.69, 9.17) is 34.8 Å². The number of benzene rings is 2. The van der Waals surface area contributed by atoms with Crippen molar-refractivity contribution < 1.29 is 52.7 Å². The van der Waals surface area contributed by atoms with Gasteiger partial charge in [0.05, 0.1) is 32.3 Å². The number of hydrogen-bond donors (Lipinski definition) is 0. The summed E-state index contributed by atoms with van der Waals surface area (Å²) in [5.74, 6) is -7.30. The predicted molar refractivity (Wildman–Crippen MR) is 138 cm³/mol. The average Bonchev–Trinajstić information content (AvgIpc) is 2.78. The maximum absolute atomic E-state index is 13.8. The zero-order valence-corrected chi connectivity index (χ0v) is 23.8. The van der Waals surface area contributed by atoms with Gasteiger partial charge in [-0.15, -0.1) is 0 Å². The Kier molecular flexibility index (Phi) is 11.3. The molecule has 228 valence electrons. The van der Waals surface area contributed by atoms with Gasteiger partial charge in [0.2, 0.25) is 0 Å². The fraction of sp³-hybridized carbons (Fsp3) is 0.400. The molecule has 0 spiro atoms. The summed E-state index contributed by atoms with van der Waals surface area (Å²) in [5.41, 5.74) is -3.05. The van der Waals surface area contributed by atoms with Gasteiger partial charge >= 0.3 is 18.5 Å². The molecule has 0 heterocycles. The van der Waals surface area contributed by atoms with E-state index in [0.29, 0.717) is 12.1 Å². The van der Waals surface area contributed by atoms with Gasteiger partial charge in [-0.2, -0.15) is 39.5 Å². The number of carbonyl (C=O) groups excluding carboxylic acids is 1. The normalized spacial score (nSPS) is 14.9. The van der Waals surface area contributed by atoms with E-state index in [-0.39, 0.29) is 20.6 Å². The largest absolute Gasteiger partial charge is 0.417 e. The van der Waals surface area contributed by atoms with Crippen LogP contribution in [0.15, 0.2) is 36.4 Å². The van der Waals surface area contributed by atoms with Crippen molar-refractivity contribution in [1.82, 2.24) is 0 Å². The summed E-state index contributed by atoms with van der Waals surface area (Å²) < 4.78 is 143. The molecule has 0 saturated carbocycles. The maximum atomic E-state index is 13.8. The lowest BCUT2D eigenvalue weighted by molar-refractivity contribution is -0.139. The van der Waals surface area contributed by atoms with Crippen molar-refractivity contribution in [3.8, 4) is 0 Å². The van der Waals surface area contributed by atoms with Crippen LogP contribution in [0.4, 0.5) is 39.5 Å². The van der Waals surface area contributed by atoms with E-state index in [9.17, 15) is 52.7 Å². The van der Waals surface area contributed by atoms with Crippen LogP contribution < -0.4 is 0 Å². The van der Waals surface area contributed by atoms with E-state index in [1.54, 1.807) is 0 Å². The van der Waals surface area contributed by atoms with Crippen LogP contribution in [0.5, 0.6) is 0 Å². The molecule has 2 aromatic rings. The number of allylic oxidation sites excluding steroid dienone is 1. The molecule has 0 radical (unpaired) electrons. The monoisotopic (exact) mass is 676 g/mol. The fourth-order valence-electron chi connectivity index (χ4n) is 3.75. The Morgan fingerprint density at radius 3 is 1.98 bits per heavy atom. The Morgan fingerprint density at radius 2 is 1.49 bits per heavy atom. The lowest BCUT2D eigenvalue weighted by Crippen LogP contribution is -2.26. The van der Waals surface area contributed by atoms with Crippen LogP contribution in [0, 0.1) is 5.92 Å². The van der Waals surface area contributed by atoms with Gasteiger partial charge in [-0.1, -0.05) is 66.0 Å². The summed E-state index contributed by atoms with van der Waals surface area (Å²) in [6, 6.07) is 4.04. The molecule has 41 heavy (non-hydrogen) atoms. The molecule has 0 saturated heterocycles. The molecule has 0 aliphatic carbocycles. The van der Waals surface area contributed by atoms with Crippen molar-refractivity contribution in [3.63, 3.8) is 0 Å². The summed E-state index contributed by atoms with van der Waals surface area (Å²) in [4.78, 5) is 12.6. The second kappa shape index (κ2) is 13.1. The number of hydrogen-bond acceptors (Lipinski definition) is 3. The van der Waals surface area contributed by atoms with Crippen LogP contribution in [-0.4, -0.2) is 38.1 Å². The minimum Gasteiger partial charge on any atom is -0.294 e. The zero-order valence-electron chi connectivity index (χ0n) is 20.7. The average molecular weight is 678 g/mol. The van der Waals surface area contributed by atoms with Crippen molar-refractivity contribution in [2.45, 2.75) is 44.2 Å². The number of carbonyl (C=O) groups is 1. The molecule has 0 aliphatic rings. The van der Waals surface area contributed by atoms with Gasteiger partial charge < -0.3 is 0 Å². The van der Waals surface area contributed by atoms with Gasteiger partial charge in [0.1, 0.15) is 5.75 Å². The highest BCUT2D eigenvalue weighted by Gasteiger charge is 2.40. The molecule has 3 nitrogen and oxygen atoms in total. The standard InChI is InChI=1S/C25H20Cl3F9O3S/c1-13(6-7-41(39,40)12-23(29,30)31)8-21(38)16-4-2-14(9-18(16)25(35,36)37)3-5-17(24(32,33)34)15-10-19(26)22(28)20(27)11-15/h2-5,9-11,13,17H,6-8,12H2,1H3/b5-3+/t13-,17?/m1/s1. The van der Waals surface area contributed by atoms with Gasteiger partial charge in [-0.05, 0) is 41.7 Å². The summed E-state index contributed by atoms with van der Waals surface area (Å²) >= 11 is 17.4. The second-order valence-electron chi connectivity index (χ2n) is 9.21. The number of alkyl halides is 9. The molecular formula is C25H20Cl3F9O3S. The van der Waals surface area contributed by atoms with Crippen molar-refractivity contribution in [2.24, 2.45) is 5.92 Å². The first-order valence-corrected chi connectivity index (χ1v) is 14.4. The molecule has 0 bridgehead atoms. The van der Waals surface area contributed by atoms with E-state index < -0.39 is 87.0 Å². The van der Waals surface area contributed by atoms with Crippen LogP contribution >= 0.6 is 34.8 Å². The highest BCUT2D eigenvalue weighted by molar-refractivity contribution is 7.91. The summed E-state index contributed by atoms with van der Waals surface area (Å²) in [5, 5.41) is -0.730. The van der Waals surface area contributed by atoms with Gasteiger partial charge in [0.25, 0.3) is 0 Å². The van der Waals surface area contributed by atoms with Crippen LogP contribution in [0.3, 0.4) is 0 Å². The van der Waals surface area contributed by atoms with Crippen LogP contribution in [-0.2, 0) is 16.0 Å². The van der Waals surface area contributed by atoms with Crippen molar-refractivity contribution in [3.05, 3.63) is 73.7 Å². The van der Waals surface area contributed by atoms with Crippen molar-refractivity contribution in [1.29, 1.82) is 0 Å². The molecule has 0 amide bonds. The first-order valence-electron chi connectivity index (χ1n) is 11.4. The van der Waals surface area contributed by atoms with E-state index in [1.807, 2.05) is 0 Å². The summed E-state index contributed by atoms with van der Waals surface area (Å²) in [6.45, 7) is 1.29. The number of sulfone groups is 1. The molecule has 16 heteroatoms. The molecule has 2 aromatic carbocycles. The van der Waals surface area contributed by atoms with E-state index in [1.165, 1.54) is 6.92 Å². The van der Waals surface area contributed by atoms with Crippen molar-refractivity contribution >= 4 is 56.5 Å². The smallest absolute Gasteiger partial charge is 0.294 e. The minimum absolute atomic E-state index is 0.186. The molecule has 0 N–H and O–H groups in total. The first-order chi connectivity index (χ1) is 18.5. The van der Waals surface area contributed by atoms with E-state index in [0.717, 1.165) is 30.3 Å². The van der Waals surface area contributed by atoms with Crippen LogP contribution in [0.2, 0.25) is 15.1 Å². The Bertz CT molecular complexity index is 1380. The molecule has 1 unspecified atom stereocenters. The second-order valence-corrected chi connectivity index (χ2v) is 12.6. The Morgan fingerprint density at radius 1 is 0.927 bits per heavy atom. The topological polar surface area (TPSA) is 51.2 Å². The molecular weight excluding hydrogens is 658 g/mol. The number of halogens is 12. The molecule has 0 fully saturated rings. The molecule has 2 atom stereocenters. The molecule has 2 rings (SSSR count). The van der Waals surface area contributed by atoms with E-state index in [2.05, 4.69) is 0 Å². The van der Waals surface area contributed by atoms with Gasteiger partial charge in [0.15, 0.2) is 15.6 Å². The molecule has 0 aliphatic heterocycles. The third-order valence-electron chi connectivity index (χ3n) is 5.69. The summed E-state index contributed by atoms with van der Waals surface area (Å²) in [6.07, 6.45) is -14.6. The highest BCUT2D eigenvalue weighted by Crippen LogP contribution is 2.41. The third kappa shape index (κ3) is 10.7. The van der Waals surface area contributed by atoms with Gasteiger partial charge in [0, 0.05) is 12.0 Å². The maximum Gasteiger partial charge on any atom is 0.417 e. The Hall–Kier alpha value is -1.96. The lowest BCUT2D eigenvalue weighted by Gasteiger charge is -2.19. The zero-order chi connectivity index (χ0) is 31.6. The molecule has 0 aromatic heterocycles. The van der Waals surface area contributed by atoms with Gasteiger partial charge in [-0.3, -0.25) is 4.79 Å². The quantitative estimate of drug-likeness (QED) is 0.143. The van der Waals surface area contributed by atoms with Crippen molar-refractivity contribution in [2.75, 3.05) is 11.5 Å². The minimum atomic E-state index is -5.10. The Balaban J connectivity index is 2.32. The fourth-order valence-corrected chi connectivity index (χ4v) is 5.76. The Labute approximate surface area is 244 Å². The third-order valence-corrected chi connectivity index (χ3v) is 8.51. The summed E-state index contributed by atoms with van der Waals surface area (Å²) in [7, 11) is -4.55. The van der Waals surface area contributed by atoms with Gasteiger partial charge in [-0.25, -0.2) is 8.42 Å². The van der Waals surface area contributed by atoms with Crippen LogP contribution in [0.1, 0.15) is 52.7 Å². The SMILES string of the molecule is C[C@H](CCS(=O)(=O)CC(F)(F)F)CC(=O)c1ccc(/C=C/C(c2cc(Cl)c(Cl)c(Cl)c2)C(F)(F)F)cc1C(F)(F)F. The highest BCUT2D eigenvalue weighted by atomic mass is 35.5. The van der Waals surface area contributed by atoms with E-state index >= 15 is 0 Å². The number of rotatable bonds is 10. The van der Waals surface area contributed by atoms with Crippen LogP contribution in [0.25, 0.3) is 6.08 Å².